The molecule has 0 aliphatic heterocycles. The molecule has 2 rings (SSSR count). The number of aromatic nitrogens is 1. The molecule has 2 nitrogen and oxygen atoms in total. The Hall–Kier alpha value is -1.68. The zero-order valence-electron chi connectivity index (χ0n) is 8.72. The Morgan fingerprint density at radius 1 is 1.25 bits per heavy atom. The summed E-state index contributed by atoms with van der Waals surface area (Å²) in [6.07, 6.45) is 0. The molecule has 1 aromatic heterocycles. The smallest absolute Gasteiger partial charge is 0.132 e. The van der Waals surface area contributed by atoms with Crippen LogP contribution >= 0.6 is 0 Å². The third-order valence-corrected chi connectivity index (χ3v) is 2.51. The summed E-state index contributed by atoms with van der Waals surface area (Å²) in [4.78, 5) is 2.91. The molecule has 0 saturated heterocycles. The molecule has 0 spiro atoms. The molecule has 0 aliphatic carbocycles. The molecule has 1 aromatic carbocycles. The van der Waals surface area contributed by atoms with Crippen molar-refractivity contribution in [2.24, 2.45) is 0 Å². The number of H-pyrrole nitrogens is 1. The van der Waals surface area contributed by atoms with Crippen LogP contribution in [-0.4, -0.2) is 10.1 Å². The minimum atomic E-state index is -0.493. The molecule has 0 unspecified atom stereocenters. The maximum Gasteiger partial charge on any atom is 0.132 e. The predicted octanol–water partition coefficient (Wildman–Crippen LogP) is 2.76. The minimum absolute atomic E-state index is 0.126. The van der Waals surface area contributed by atoms with Crippen molar-refractivity contribution in [3.05, 3.63) is 47.2 Å². The third-order valence-electron chi connectivity index (χ3n) is 2.51. The van der Waals surface area contributed by atoms with Gasteiger partial charge in [0, 0.05) is 17.0 Å². The number of rotatable bonds is 2. The molecule has 0 amide bonds. The normalized spacial score (nSPS) is 10.8. The topological polar surface area (TPSA) is 36.0 Å². The van der Waals surface area contributed by atoms with Crippen molar-refractivity contribution in [2.45, 2.75) is 13.5 Å². The van der Waals surface area contributed by atoms with Crippen LogP contribution in [0.2, 0.25) is 0 Å². The van der Waals surface area contributed by atoms with Gasteiger partial charge in [0.1, 0.15) is 11.6 Å². The first-order valence-corrected chi connectivity index (χ1v) is 4.86. The van der Waals surface area contributed by atoms with Crippen LogP contribution in [0, 0.1) is 18.6 Å². The van der Waals surface area contributed by atoms with E-state index in [0.29, 0.717) is 11.3 Å². The highest BCUT2D eigenvalue weighted by Crippen LogP contribution is 2.25. The number of nitrogens with one attached hydrogen (secondary N) is 1. The van der Waals surface area contributed by atoms with Gasteiger partial charge in [0.15, 0.2) is 0 Å². The fourth-order valence-electron chi connectivity index (χ4n) is 1.61. The molecular weight excluding hydrogens is 212 g/mol. The summed E-state index contributed by atoms with van der Waals surface area (Å²) in [5.41, 5.74) is 2.07. The van der Waals surface area contributed by atoms with E-state index in [1.807, 2.05) is 0 Å². The summed E-state index contributed by atoms with van der Waals surface area (Å²) in [6, 6.07) is 4.90. The quantitative estimate of drug-likeness (QED) is 0.806. The maximum atomic E-state index is 13.5. The van der Waals surface area contributed by atoms with E-state index in [1.54, 1.807) is 13.0 Å². The summed E-state index contributed by atoms with van der Waals surface area (Å²) in [5.74, 6) is -0.985. The standard InChI is InChI=1S/C12H11F2NO/c1-7-8(6-16)4-12(15-7)10-5-9(13)2-3-11(10)14/h2-5,15-16H,6H2,1H3. The van der Waals surface area contributed by atoms with Gasteiger partial charge in [-0.25, -0.2) is 8.78 Å². The Balaban J connectivity index is 2.53. The SMILES string of the molecule is Cc1[nH]c(-c2cc(F)ccc2F)cc1CO. The van der Waals surface area contributed by atoms with Gasteiger partial charge >= 0.3 is 0 Å². The lowest BCUT2D eigenvalue weighted by Crippen LogP contribution is -1.86. The molecule has 0 fully saturated rings. The van der Waals surface area contributed by atoms with Gasteiger partial charge < -0.3 is 10.1 Å². The molecule has 0 bridgehead atoms. The van der Waals surface area contributed by atoms with Gasteiger partial charge in [0.2, 0.25) is 0 Å². The lowest BCUT2D eigenvalue weighted by atomic mass is 10.1. The van der Waals surface area contributed by atoms with Gasteiger partial charge in [-0.15, -0.1) is 0 Å². The first kappa shape index (κ1) is 10.8. The second-order valence-electron chi connectivity index (χ2n) is 3.62. The largest absolute Gasteiger partial charge is 0.392 e. The Kier molecular flexibility index (Phi) is 2.75. The van der Waals surface area contributed by atoms with E-state index in [1.165, 1.54) is 0 Å². The Bertz CT molecular complexity index is 520. The zero-order valence-corrected chi connectivity index (χ0v) is 8.72. The van der Waals surface area contributed by atoms with Crippen LogP contribution in [0.4, 0.5) is 8.78 Å². The molecule has 0 saturated carbocycles. The molecular formula is C12H11F2NO. The number of aromatic amines is 1. The monoisotopic (exact) mass is 223 g/mol. The number of halogens is 2. The highest BCUT2D eigenvalue weighted by molar-refractivity contribution is 5.62. The Morgan fingerprint density at radius 3 is 2.62 bits per heavy atom. The van der Waals surface area contributed by atoms with Gasteiger partial charge in [-0.1, -0.05) is 0 Å². The van der Waals surface area contributed by atoms with Gasteiger partial charge in [-0.05, 0) is 36.8 Å². The second kappa shape index (κ2) is 4.06. The van der Waals surface area contributed by atoms with Gasteiger partial charge in [0.25, 0.3) is 0 Å². The van der Waals surface area contributed by atoms with Crippen LogP contribution in [0.5, 0.6) is 0 Å². The van der Waals surface area contributed by atoms with E-state index in [9.17, 15) is 8.78 Å². The molecule has 4 heteroatoms. The predicted molar refractivity (Wildman–Crippen MR) is 56.8 cm³/mol. The molecule has 0 atom stereocenters. The van der Waals surface area contributed by atoms with Crippen LogP contribution in [0.3, 0.4) is 0 Å². The number of hydrogen-bond donors (Lipinski definition) is 2. The molecule has 2 N–H and O–H groups in total. The number of aliphatic hydroxyl groups excluding tert-OH is 1. The summed E-state index contributed by atoms with van der Waals surface area (Å²) in [7, 11) is 0. The number of benzene rings is 1. The van der Waals surface area contributed by atoms with Crippen LogP contribution in [0.1, 0.15) is 11.3 Å². The van der Waals surface area contributed by atoms with Crippen molar-refractivity contribution in [2.75, 3.05) is 0 Å². The summed E-state index contributed by atoms with van der Waals surface area (Å²) in [5, 5.41) is 9.01. The lowest BCUT2D eigenvalue weighted by Gasteiger charge is -2.00. The van der Waals surface area contributed by atoms with Gasteiger partial charge in [-0.2, -0.15) is 0 Å². The summed E-state index contributed by atoms with van der Waals surface area (Å²) < 4.78 is 26.4. The molecule has 2 aromatic rings. The average Bonchev–Trinajstić information content (AvgIpc) is 2.63. The second-order valence-corrected chi connectivity index (χ2v) is 3.62. The number of aliphatic hydroxyl groups is 1. The average molecular weight is 223 g/mol. The molecule has 16 heavy (non-hydrogen) atoms. The van der Waals surface area contributed by atoms with Crippen LogP contribution in [0.25, 0.3) is 11.3 Å². The first-order chi connectivity index (χ1) is 7.61. The Labute approximate surface area is 91.6 Å². The molecule has 0 aliphatic rings. The molecule has 1 heterocycles. The van der Waals surface area contributed by atoms with E-state index in [0.717, 1.165) is 23.9 Å². The minimum Gasteiger partial charge on any atom is -0.392 e. The fraction of sp³-hybridized carbons (Fsp3) is 0.167. The van der Waals surface area contributed by atoms with E-state index in [4.69, 9.17) is 5.11 Å². The van der Waals surface area contributed by atoms with Crippen molar-refractivity contribution in [1.82, 2.24) is 4.98 Å². The molecule has 0 radical (unpaired) electrons. The summed E-state index contributed by atoms with van der Waals surface area (Å²) >= 11 is 0. The number of hydrogen-bond acceptors (Lipinski definition) is 1. The van der Waals surface area contributed by atoms with E-state index in [-0.39, 0.29) is 12.2 Å². The van der Waals surface area contributed by atoms with Crippen molar-refractivity contribution in [1.29, 1.82) is 0 Å². The third kappa shape index (κ3) is 1.84. The highest BCUT2D eigenvalue weighted by atomic mass is 19.1. The summed E-state index contributed by atoms with van der Waals surface area (Å²) in [6.45, 7) is 1.64. The van der Waals surface area contributed by atoms with E-state index in [2.05, 4.69) is 4.98 Å². The van der Waals surface area contributed by atoms with E-state index < -0.39 is 11.6 Å². The molecule has 84 valence electrons. The lowest BCUT2D eigenvalue weighted by molar-refractivity contribution is 0.281. The Morgan fingerprint density at radius 2 is 2.00 bits per heavy atom. The highest BCUT2D eigenvalue weighted by Gasteiger charge is 2.10. The van der Waals surface area contributed by atoms with Crippen molar-refractivity contribution < 1.29 is 13.9 Å². The van der Waals surface area contributed by atoms with Crippen LogP contribution in [-0.2, 0) is 6.61 Å². The van der Waals surface area contributed by atoms with Gasteiger partial charge in [-0.3, -0.25) is 0 Å². The van der Waals surface area contributed by atoms with Crippen molar-refractivity contribution in [3.63, 3.8) is 0 Å². The van der Waals surface area contributed by atoms with Gasteiger partial charge in [0.05, 0.1) is 6.61 Å². The number of aryl methyl sites for hydroxylation is 1. The van der Waals surface area contributed by atoms with Crippen LogP contribution in [0.15, 0.2) is 24.3 Å². The van der Waals surface area contributed by atoms with Crippen molar-refractivity contribution >= 4 is 0 Å². The maximum absolute atomic E-state index is 13.5. The van der Waals surface area contributed by atoms with E-state index >= 15 is 0 Å². The fourth-order valence-corrected chi connectivity index (χ4v) is 1.61. The van der Waals surface area contributed by atoms with Crippen LogP contribution < -0.4 is 0 Å². The zero-order chi connectivity index (χ0) is 11.7. The van der Waals surface area contributed by atoms with Crippen molar-refractivity contribution in [3.8, 4) is 11.3 Å². The first-order valence-electron chi connectivity index (χ1n) is 4.86.